The van der Waals surface area contributed by atoms with Crippen LogP contribution in [0.2, 0.25) is 0 Å². The molecule has 2 fully saturated rings. The van der Waals surface area contributed by atoms with Gasteiger partial charge < -0.3 is 14.4 Å². The van der Waals surface area contributed by atoms with Crippen LogP contribution in [0.1, 0.15) is 26.3 Å². The van der Waals surface area contributed by atoms with E-state index in [1.165, 1.54) is 0 Å². The lowest BCUT2D eigenvalue weighted by atomic mass is 9.69. The Kier molecular flexibility index (Phi) is 3.55. The minimum Gasteiger partial charge on any atom is -0.466 e. The first-order valence-electron chi connectivity index (χ1n) is 8.81. The summed E-state index contributed by atoms with van der Waals surface area (Å²) in [5, 5.41) is 0. The van der Waals surface area contributed by atoms with Crippen molar-refractivity contribution in [1.82, 2.24) is 4.90 Å². The average molecular weight is 341 g/mol. The lowest BCUT2D eigenvalue weighted by molar-refractivity contribution is -0.156. The molecule has 5 heteroatoms. The smallest absolute Gasteiger partial charge is 0.313 e. The number of nitrogens with zero attached hydrogens (tertiary/aromatic N) is 1. The summed E-state index contributed by atoms with van der Waals surface area (Å²) in [4.78, 5) is 27.6. The van der Waals surface area contributed by atoms with Crippen LogP contribution in [0, 0.1) is 11.8 Å². The van der Waals surface area contributed by atoms with Crippen molar-refractivity contribution in [2.45, 2.75) is 38.5 Å². The van der Waals surface area contributed by atoms with Gasteiger partial charge in [0.05, 0.1) is 19.1 Å². The zero-order valence-corrected chi connectivity index (χ0v) is 14.8. The highest BCUT2D eigenvalue weighted by Gasteiger charge is 2.73. The molecule has 1 aromatic rings. The van der Waals surface area contributed by atoms with Crippen molar-refractivity contribution in [3.8, 4) is 0 Å². The van der Waals surface area contributed by atoms with Crippen molar-refractivity contribution in [2.24, 2.45) is 11.8 Å². The predicted molar refractivity (Wildman–Crippen MR) is 91.5 cm³/mol. The SMILES string of the molecule is CCOC(=O)[C@H]1[C@H]2C(=O)N(Cc3ccccc3)C[C@@]23C=C(C)[C@@]1(C)O3. The number of fused-ring (bicyclic) bond motifs is 1. The lowest BCUT2D eigenvalue weighted by Gasteiger charge is -2.31. The molecule has 0 aromatic heterocycles. The molecule has 132 valence electrons. The third-order valence-electron chi connectivity index (χ3n) is 5.87. The van der Waals surface area contributed by atoms with E-state index in [2.05, 4.69) is 6.08 Å². The normalized spacial score (nSPS) is 35.7. The van der Waals surface area contributed by atoms with Crippen molar-refractivity contribution < 1.29 is 19.1 Å². The molecule has 25 heavy (non-hydrogen) atoms. The first kappa shape index (κ1) is 16.3. The van der Waals surface area contributed by atoms with Crippen molar-refractivity contribution >= 4 is 11.9 Å². The summed E-state index contributed by atoms with van der Waals surface area (Å²) in [6, 6.07) is 9.88. The number of benzene rings is 1. The molecule has 1 amide bonds. The summed E-state index contributed by atoms with van der Waals surface area (Å²) < 4.78 is 11.6. The number of ether oxygens (including phenoxy) is 2. The average Bonchev–Trinajstić information content (AvgIpc) is 3.08. The Labute approximate surface area is 147 Å². The minimum atomic E-state index is -0.745. The molecule has 0 aliphatic carbocycles. The Morgan fingerprint density at radius 2 is 2.08 bits per heavy atom. The maximum Gasteiger partial charge on any atom is 0.313 e. The van der Waals surface area contributed by atoms with Crippen LogP contribution in [0.3, 0.4) is 0 Å². The second-order valence-electron chi connectivity index (χ2n) is 7.38. The van der Waals surface area contributed by atoms with Gasteiger partial charge in [-0.15, -0.1) is 0 Å². The van der Waals surface area contributed by atoms with Crippen molar-refractivity contribution in [1.29, 1.82) is 0 Å². The molecule has 0 radical (unpaired) electrons. The minimum absolute atomic E-state index is 0.0191. The molecule has 3 aliphatic rings. The quantitative estimate of drug-likeness (QED) is 0.623. The molecule has 3 aliphatic heterocycles. The van der Waals surface area contributed by atoms with E-state index in [1.807, 2.05) is 44.2 Å². The highest BCUT2D eigenvalue weighted by molar-refractivity contribution is 5.92. The highest BCUT2D eigenvalue weighted by Crippen LogP contribution is 2.60. The largest absolute Gasteiger partial charge is 0.466 e. The molecule has 4 atom stereocenters. The van der Waals surface area contributed by atoms with Gasteiger partial charge >= 0.3 is 5.97 Å². The van der Waals surface area contributed by atoms with E-state index in [0.29, 0.717) is 19.7 Å². The molecule has 0 saturated carbocycles. The van der Waals surface area contributed by atoms with E-state index < -0.39 is 23.0 Å². The number of carbonyl (C=O) groups is 2. The van der Waals surface area contributed by atoms with Gasteiger partial charge in [-0.2, -0.15) is 0 Å². The van der Waals surface area contributed by atoms with Gasteiger partial charge in [-0.25, -0.2) is 0 Å². The molecule has 2 saturated heterocycles. The third kappa shape index (κ3) is 2.18. The van der Waals surface area contributed by atoms with Crippen LogP contribution >= 0.6 is 0 Å². The van der Waals surface area contributed by atoms with Crippen LogP contribution in [0.15, 0.2) is 42.0 Å². The van der Waals surface area contributed by atoms with Crippen LogP contribution in [0.25, 0.3) is 0 Å². The maximum absolute atomic E-state index is 13.2. The van der Waals surface area contributed by atoms with Crippen LogP contribution in [-0.4, -0.2) is 41.1 Å². The molecule has 0 N–H and O–H groups in total. The van der Waals surface area contributed by atoms with Crippen molar-refractivity contribution in [3.05, 3.63) is 47.5 Å². The highest BCUT2D eigenvalue weighted by atomic mass is 16.6. The van der Waals surface area contributed by atoms with Gasteiger partial charge in [0.15, 0.2) is 0 Å². The van der Waals surface area contributed by atoms with Gasteiger partial charge in [-0.3, -0.25) is 9.59 Å². The van der Waals surface area contributed by atoms with E-state index in [0.717, 1.165) is 11.1 Å². The maximum atomic E-state index is 13.2. The molecule has 1 aromatic carbocycles. The van der Waals surface area contributed by atoms with Crippen LogP contribution < -0.4 is 0 Å². The summed E-state index contributed by atoms with van der Waals surface area (Å²) in [5.41, 5.74) is 0.630. The van der Waals surface area contributed by atoms with Crippen molar-refractivity contribution in [2.75, 3.05) is 13.2 Å². The summed E-state index contributed by atoms with van der Waals surface area (Å²) in [5.74, 6) is -1.43. The Hall–Kier alpha value is -2.14. The number of hydrogen-bond acceptors (Lipinski definition) is 4. The first-order valence-corrected chi connectivity index (χ1v) is 8.81. The molecule has 4 rings (SSSR count). The monoisotopic (exact) mass is 341 g/mol. The number of likely N-dealkylation sites (tertiary alicyclic amines) is 1. The van der Waals surface area contributed by atoms with Gasteiger partial charge in [0.25, 0.3) is 0 Å². The number of carbonyl (C=O) groups excluding carboxylic acids is 2. The Morgan fingerprint density at radius 1 is 1.36 bits per heavy atom. The zero-order chi connectivity index (χ0) is 17.8. The van der Waals surface area contributed by atoms with E-state index >= 15 is 0 Å². The number of esters is 1. The van der Waals surface area contributed by atoms with E-state index in [9.17, 15) is 9.59 Å². The van der Waals surface area contributed by atoms with E-state index in [-0.39, 0.29) is 11.9 Å². The molecular formula is C20H23NO4. The Bertz CT molecular complexity index is 758. The second kappa shape index (κ2) is 5.43. The topological polar surface area (TPSA) is 55.8 Å². The van der Waals surface area contributed by atoms with E-state index in [1.54, 1.807) is 11.8 Å². The van der Waals surface area contributed by atoms with Crippen LogP contribution in [-0.2, 0) is 25.6 Å². The number of hydrogen-bond donors (Lipinski definition) is 0. The van der Waals surface area contributed by atoms with Gasteiger partial charge in [-0.1, -0.05) is 30.3 Å². The van der Waals surface area contributed by atoms with Crippen molar-refractivity contribution in [3.63, 3.8) is 0 Å². The summed E-state index contributed by atoms with van der Waals surface area (Å²) >= 11 is 0. The van der Waals surface area contributed by atoms with Crippen LogP contribution in [0.4, 0.5) is 0 Å². The fraction of sp³-hybridized carbons (Fsp3) is 0.500. The van der Waals surface area contributed by atoms with Crippen LogP contribution in [0.5, 0.6) is 0 Å². The van der Waals surface area contributed by atoms with Gasteiger partial charge in [0.2, 0.25) is 5.91 Å². The molecule has 0 unspecified atom stereocenters. The third-order valence-corrected chi connectivity index (χ3v) is 5.87. The summed E-state index contributed by atoms with van der Waals surface area (Å²) in [7, 11) is 0. The van der Waals surface area contributed by atoms with E-state index in [4.69, 9.17) is 9.47 Å². The summed E-state index contributed by atoms with van der Waals surface area (Å²) in [6.07, 6.45) is 2.05. The molecule has 5 nitrogen and oxygen atoms in total. The second-order valence-corrected chi connectivity index (χ2v) is 7.38. The Balaban J connectivity index is 1.67. The Morgan fingerprint density at radius 3 is 2.76 bits per heavy atom. The standard InChI is InChI=1S/C20H23NO4/c1-4-24-18(23)16-15-17(22)21(11-14-8-6-5-7-9-14)12-20(15)10-13(2)19(16,3)25-20/h5-10,15-16H,4,11-12H2,1-3H3/t15-,16+,19+,20-/m0/s1. The predicted octanol–water partition coefficient (Wildman–Crippen LogP) is 2.31. The molecule has 1 spiro atoms. The zero-order valence-electron chi connectivity index (χ0n) is 14.8. The fourth-order valence-electron chi connectivity index (χ4n) is 4.71. The molecule has 2 bridgehead atoms. The summed E-state index contributed by atoms with van der Waals surface area (Å²) in [6.45, 7) is 6.97. The molecule has 3 heterocycles. The van der Waals surface area contributed by atoms with Gasteiger partial charge in [0.1, 0.15) is 17.1 Å². The van der Waals surface area contributed by atoms with Gasteiger partial charge in [0, 0.05) is 6.54 Å². The number of amides is 1. The molecular weight excluding hydrogens is 318 g/mol. The fourth-order valence-corrected chi connectivity index (χ4v) is 4.71. The van der Waals surface area contributed by atoms with Gasteiger partial charge in [-0.05, 0) is 38.0 Å². The lowest BCUT2D eigenvalue weighted by Crippen LogP contribution is -2.45. The first-order chi connectivity index (χ1) is 11.9. The number of rotatable bonds is 4.